The molecule has 1 aromatic heterocycles. The summed E-state index contributed by atoms with van der Waals surface area (Å²) in [6.07, 6.45) is 3.18. The average molecular weight is 240 g/mol. The van der Waals surface area contributed by atoms with Crippen molar-refractivity contribution in [3.8, 4) is 0 Å². The lowest BCUT2D eigenvalue weighted by molar-refractivity contribution is 0.318. The first-order chi connectivity index (χ1) is 7.42. The van der Waals surface area contributed by atoms with Gasteiger partial charge in [-0.3, -0.25) is 0 Å². The Labute approximate surface area is 103 Å². The monoisotopic (exact) mass is 240 g/mol. The minimum atomic E-state index is -0.223. The summed E-state index contributed by atoms with van der Waals surface area (Å²) in [7, 11) is 0. The first-order valence-corrected chi connectivity index (χ1v) is 6.98. The fourth-order valence-corrected chi connectivity index (χ4v) is 2.93. The van der Waals surface area contributed by atoms with Crippen molar-refractivity contribution in [2.24, 2.45) is 11.7 Å². The quantitative estimate of drug-likeness (QED) is 0.851. The number of thiazole rings is 1. The Morgan fingerprint density at radius 2 is 2.00 bits per heavy atom. The van der Waals surface area contributed by atoms with Crippen LogP contribution in [0.3, 0.4) is 0 Å². The molecule has 16 heavy (non-hydrogen) atoms. The highest BCUT2D eigenvalue weighted by atomic mass is 32.1. The van der Waals surface area contributed by atoms with E-state index in [0.717, 1.165) is 23.5 Å². The summed E-state index contributed by atoms with van der Waals surface area (Å²) >= 11 is 1.76. The van der Waals surface area contributed by atoms with Crippen molar-refractivity contribution in [3.05, 3.63) is 15.6 Å². The van der Waals surface area contributed by atoms with Gasteiger partial charge < -0.3 is 5.73 Å². The molecule has 1 heterocycles. The molecule has 2 nitrogen and oxygen atoms in total. The second kappa shape index (κ2) is 5.28. The Bertz CT molecular complexity index is 326. The predicted molar refractivity (Wildman–Crippen MR) is 71.8 cm³/mol. The smallest absolute Gasteiger partial charge is 0.113 e. The van der Waals surface area contributed by atoms with E-state index < -0.39 is 0 Å². The molecule has 0 aliphatic heterocycles. The summed E-state index contributed by atoms with van der Waals surface area (Å²) < 4.78 is 0. The van der Waals surface area contributed by atoms with Crippen LogP contribution in [0.1, 0.15) is 55.6 Å². The van der Waals surface area contributed by atoms with E-state index >= 15 is 0 Å². The second-order valence-electron chi connectivity index (χ2n) is 4.89. The Morgan fingerprint density at radius 3 is 2.38 bits per heavy atom. The summed E-state index contributed by atoms with van der Waals surface area (Å²) in [4.78, 5) is 5.93. The largest absolute Gasteiger partial charge is 0.319 e. The molecule has 0 saturated carbocycles. The summed E-state index contributed by atoms with van der Waals surface area (Å²) in [5.74, 6) is 0.662. The summed E-state index contributed by atoms with van der Waals surface area (Å²) in [6.45, 7) is 10.8. The minimum absolute atomic E-state index is 0.223. The lowest BCUT2D eigenvalue weighted by atomic mass is 9.86. The fraction of sp³-hybridized carbons (Fsp3) is 0.769. The van der Waals surface area contributed by atoms with Crippen molar-refractivity contribution in [1.29, 1.82) is 0 Å². The van der Waals surface area contributed by atoms with Crippen LogP contribution >= 0.6 is 11.3 Å². The van der Waals surface area contributed by atoms with Crippen molar-refractivity contribution in [2.75, 3.05) is 0 Å². The summed E-state index contributed by atoms with van der Waals surface area (Å²) in [5, 5.41) is 1.12. The van der Waals surface area contributed by atoms with Crippen molar-refractivity contribution in [1.82, 2.24) is 4.98 Å². The third kappa shape index (κ3) is 2.83. The number of nitrogens with zero attached hydrogens (tertiary/aromatic N) is 1. The van der Waals surface area contributed by atoms with Crippen LogP contribution in [0.25, 0.3) is 0 Å². The number of aromatic nitrogens is 1. The van der Waals surface area contributed by atoms with Crippen molar-refractivity contribution < 1.29 is 0 Å². The Balaban J connectivity index is 2.95. The maximum Gasteiger partial charge on any atom is 0.113 e. The van der Waals surface area contributed by atoms with Crippen molar-refractivity contribution in [3.63, 3.8) is 0 Å². The maximum atomic E-state index is 6.53. The van der Waals surface area contributed by atoms with Crippen LogP contribution in [0, 0.1) is 19.8 Å². The third-order valence-electron chi connectivity index (χ3n) is 3.49. The van der Waals surface area contributed by atoms with Gasteiger partial charge in [-0.25, -0.2) is 4.98 Å². The topological polar surface area (TPSA) is 38.9 Å². The molecule has 0 radical (unpaired) electrons. The van der Waals surface area contributed by atoms with Crippen LogP contribution in [0.5, 0.6) is 0 Å². The molecule has 2 atom stereocenters. The molecular weight excluding hydrogens is 216 g/mol. The van der Waals surface area contributed by atoms with Crippen LogP contribution in [-0.4, -0.2) is 4.98 Å². The molecule has 92 valence electrons. The van der Waals surface area contributed by atoms with Gasteiger partial charge in [-0.05, 0) is 32.6 Å². The van der Waals surface area contributed by atoms with Gasteiger partial charge in [0, 0.05) is 4.88 Å². The normalized spacial score (nSPS) is 17.1. The molecule has 2 unspecified atom stereocenters. The predicted octanol–water partition coefficient (Wildman–Crippen LogP) is 3.76. The molecule has 0 saturated heterocycles. The van der Waals surface area contributed by atoms with E-state index in [-0.39, 0.29) is 5.54 Å². The first kappa shape index (κ1) is 13.7. The second-order valence-corrected chi connectivity index (χ2v) is 6.09. The standard InChI is InChI=1S/C13H24N2S/c1-6-9(3)8-13(14,7-2)12-15-10(4)11(5)16-12/h9H,6-8,14H2,1-5H3. The first-order valence-electron chi connectivity index (χ1n) is 6.16. The molecule has 0 bridgehead atoms. The van der Waals surface area contributed by atoms with E-state index in [2.05, 4.69) is 39.6 Å². The van der Waals surface area contributed by atoms with Gasteiger partial charge in [0.1, 0.15) is 5.01 Å². The molecule has 3 heteroatoms. The Kier molecular flexibility index (Phi) is 4.51. The molecule has 1 rings (SSSR count). The number of aryl methyl sites for hydroxylation is 2. The van der Waals surface area contributed by atoms with Crippen LogP contribution < -0.4 is 5.73 Å². The minimum Gasteiger partial charge on any atom is -0.319 e. The number of hydrogen-bond donors (Lipinski definition) is 1. The van der Waals surface area contributed by atoms with Crippen molar-refractivity contribution in [2.45, 2.75) is 59.4 Å². The van der Waals surface area contributed by atoms with Gasteiger partial charge in [0.25, 0.3) is 0 Å². The van der Waals surface area contributed by atoms with Gasteiger partial charge in [-0.15, -0.1) is 11.3 Å². The van der Waals surface area contributed by atoms with E-state index in [4.69, 9.17) is 5.73 Å². The van der Waals surface area contributed by atoms with Gasteiger partial charge in [0.2, 0.25) is 0 Å². The van der Waals surface area contributed by atoms with Gasteiger partial charge in [-0.1, -0.05) is 27.2 Å². The highest BCUT2D eigenvalue weighted by molar-refractivity contribution is 7.11. The number of hydrogen-bond acceptors (Lipinski definition) is 3. The molecule has 0 amide bonds. The zero-order valence-corrected chi connectivity index (χ0v) is 11.9. The van der Waals surface area contributed by atoms with Crippen molar-refractivity contribution >= 4 is 11.3 Å². The highest BCUT2D eigenvalue weighted by Crippen LogP contribution is 2.34. The lowest BCUT2D eigenvalue weighted by Gasteiger charge is -2.28. The fourth-order valence-electron chi connectivity index (χ4n) is 1.83. The Hall–Kier alpha value is -0.410. The van der Waals surface area contributed by atoms with Gasteiger partial charge in [-0.2, -0.15) is 0 Å². The molecule has 0 aliphatic rings. The number of nitrogens with two attached hydrogens (primary N) is 1. The SMILES string of the molecule is CCC(C)CC(N)(CC)c1nc(C)c(C)s1. The molecular formula is C13H24N2S. The maximum absolute atomic E-state index is 6.53. The van der Waals surface area contributed by atoms with E-state index in [1.54, 1.807) is 11.3 Å². The molecule has 0 fully saturated rings. The van der Waals surface area contributed by atoms with Gasteiger partial charge in [0.15, 0.2) is 0 Å². The molecule has 2 N–H and O–H groups in total. The third-order valence-corrected chi connectivity index (χ3v) is 4.79. The molecule has 1 aromatic rings. The van der Waals surface area contributed by atoms with Crippen LogP contribution in [0.15, 0.2) is 0 Å². The Morgan fingerprint density at radius 1 is 1.38 bits per heavy atom. The van der Waals surface area contributed by atoms with E-state index in [0.29, 0.717) is 5.92 Å². The highest BCUT2D eigenvalue weighted by Gasteiger charge is 2.30. The lowest BCUT2D eigenvalue weighted by Crippen LogP contribution is -2.37. The molecule has 0 aliphatic carbocycles. The summed E-state index contributed by atoms with van der Waals surface area (Å²) in [5.41, 5.74) is 7.43. The number of rotatable bonds is 5. The van der Waals surface area contributed by atoms with Gasteiger partial charge >= 0.3 is 0 Å². The van der Waals surface area contributed by atoms with Crippen LogP contribution in [0.4, 0.5) is 0 Å². The van der Waals surface area contributed by atoms with E-state index in [9.17, 15) is 0 Å². The van der Waals surface area contributed by atoms with Crippen LogP contribution in [0.2, 0.25) is 0 Å². The van der Waals surface area contributed by atoms with Crippen LogP contribution in [-0.2, 0) is 5.54 Å². The van der Waals surface area contributed by atoms with E-state index in [1.165, 1.54) is 11.3 Å². The summed E-state index contributed by atoms with van der Waals surface area (Å²) in [6, 6.07) is 0. The zero-order valence-electron chi connectivity index (χ0n) is 11.1. The molecule has 0 aromatic carbocycles. The van der Waals surface area contributed by atoms with Gasteiger partial charge in [0.05, 0.1) is 11.2 Å². The zero-order chi connectivity index (χ0) is 12.3. The average Bonchev–Trinajstić information content (AvgIpc) is 2.59. The molecule has 0 spiro atoms. The van der Waals surface area contributed by atoms with E-state index in [1.807, 2.05) is 0 Å².